The average Bonchev–Trinajstić information content (AvgIpc) is 2.76. The van der Waals surface area contributed by atoms with Crippen LogP contribution in [-0.4, -0.2) is 14.8 Å². The van der Waals surface area contributed by atoms with Crippen molar-refractivity contribution in [1.29, 1.82) is 0 Å². The summed E-state index contributed by atoms with van der Waals surface area (Å²) in [6.45, 7) is 1.22. The predicted molar refractivity (Wildman–Crippen MR) is 51.3 cm³/mol. The molecule has 2 N–H and O–H groups in total. The van der Waals surface area contributed by atoms with E-state index in [0.717, 1.165) is 17.2 Å². The molecule has 0 spiro atoms. The molecular weight excluding hydrogens is 184 g/mol. The molecule has 0 atom stereocenters. The third-order valence-electron chi connectivity index (χ3n) is 1.69. The van der Waals surface area contributed by atoms with Crippen LogP contribution in [0.3, 0.4) is 0 Å². The zero-order valence-electron chi connectivity index (χ0n) is 7.05. The zero-order valence-corrected chi connectivity index (χ0v) is 7.87. The van der Waals surface area contributed by atoms with Crippen LogP contribution >= 0.6 is 11.3 Å². The van der Waals surface area contributed by atoms with Gasteiger partial charge in [-0.1, -0.05) is 0 Å². The lowest BCUT2D eigenvalue weighted by Gasteiger charge is -1.95. The van der Waals surface area contributed by atoms with Crippen LogP contribution in [0.2, 0.25) is 0 Å². The lowest BCUT2D eigenvalue weighted by molar-refractivity contribution is 0.669. The van der Waals surface area contributed by atoms with Gasteiger partial charge in [0.15, 0.2) is 0 Å². The number of hydrogen-bond donors (Lipinski definition) is 1. The van der Waals surface area contributed by atoms with Crippen molar-refractivity contribution >= 4 is 11.3 Å². The Bertz CT molecular complexity index is 365. The topological polar surface area (TPSA) is 56.7 Å². The fourth-order valence-corrected chi connectivity index (χ4v) is 1.68. The second-order valence-electron chi connectivity index (χ2n) is 2.63. The van der Waals surface area contributed by atoms with E-state index in [1.807, 2.05) is 22.3 Å². The first-order valence-corrected chi connectivity index (χ1v) is 4.87. The smallest absolute Gasteiger partial charge is 0.114 e. The van der Waals surface area contributed by atoms with Crippen molar-refractivity contribution in [3.05, 3.63) is 34.5 Å². The SMILES string of the molecule is NCc1ccn(Cc2nccs2)n1. The van der Waals surface area contributed by atoms with E-state index in [1.165, 1.54) is 0 Å². The van der Waals surface area contributed by atoms with Crippen molar-refractivity contribution in [1.82, 2.24) is 14.8 Å². The molecule has 0 saturated carbocycles. The van der Waals surface area contributed by atoms with E-state index >= 15 is 0 Å². The molecule has 2 rings (SSSR count). The second kappa shape index (κ2) is 3.68. The van der Waals surface area contributed by atoms with Crippen molar-refractivity contribution in [3.8, 4) is 0 Å². The third-order valence-corrected chi connectivity index (χ3v) is 2.45. The molecule has 2 aromatic heterocycles. The van der Waals surface area contributed by atoms with E-state index < -0.39 is 0 Å². The molecule has 0 aliphatic carbocycles. The van der Waals surface area contributed by atoms with Gasteiger partial charge in [-0.15, -0.1) is 11.3 Å². The Morgan fingerprint density at radius 3 is 3.08 bits per heavy atom. The van der Waals surface area contributed by atoms with Gasteiger partial charge in [0.1, 0.15) is 5.01 Å². The van der Waals surface area contributed by atoms with Gasteiger partial charge in [-0.2, -0.15) is 5.10 Å². The van der Waals surface area contributed by atoms with Gasteiger partial charge in [0.25, 0.3) is 0 Å². The fraction of sp³-hybridized carbons (Fsp3) is 0.250. The molecule has 0 saturated heterocycles. The summed E-state index contributed by atoms with van der Waals surface area (Å²) in [4.78, 5) is 4.17. The molecule has 0 radical (unpaired) electrons. The first kappa shape index (κ1) is 8.40. The van der Waals surface area contributed by atoms with Crippen LogP contribution in [0.15, 0.2) is 23.8 Å². The Morgan fingerprint density at radius 1 is 1.54 bits per heavy atom. The quantitative estimate of drug-likeness (QED) is 0.788. The van der Waals surface area contributed by atoms with E-state index in [0.29, 0.717) is 6.54 Å². The molecule has 2 aromatic rings. The first-order chi connectivity index (χ1) is 6.38. The highest BCUT2D eigenvalue weighted by Crippen LogP contribution is 2.06. The van der Waals surface area contributed by atoms with E-state index in [1.54, 1.807) is 17.5 Å². The molecule has 0 fully saturated rings. The minimum Gasteiger partial charge on any atom is -0.325 e. The molecule has 0 aliphatic rings. The maximum Gasteiger partial charge on any atom is 0.114 e. The zero-order chi connectivity index (χ0) is 9.10. The standard InChI is InChI=1S/C8H10N4S/c9-5-7-1-3-12(11-7)6-8-10-2-4-13-8/h1-4H,5-6,9H2. The highest BCUT2D eigenvalue weighted by atomic mass is 32.1. The summed E-state index contributed by atoms with van der Waals surface area (Å²) in [5.74, 6) is 0. The molecule has 0 aliphatic heterocycles. The van der Waals surface area contributed by atoms with Crippen molar-refractivity contribution in [2.75, 3.05) is 0 Å². The Morgan fingerprint density at radius 2 is 2.46 bits per heavy atom. The summed E-state index contributed by atoms with van der Waals surface area (Å²) in [5, 5.41) is 7.28. The summed E-state index contributed by atoms with van der Waals surface area (Å²) in [7, 11) is 0. The van der Waals surface area contributed by atoms with Crippen LogP contribution in [0.25, 0.3) is 0 Å². The van der Waals surface area contributed by atoms with Crippen LogP contribution in [0.1, 0.15) is 10.7 Å². The molecule has 0 bridgehead atoms. The molecule has 2 heterocycles. The van der Waals surface area contributed by atoms with Gasteiger partial charge in [0.05, 0.1) is 12.2 Å². The van der Waals surface area contributed by atoms with E-state index in [9.17, 15) is 0 Å². The Hall–Kier alpha value is -1.20. The van der Waals surface area contributed by atoms with Crippen molar-refractivity contribution < 1.29 is 0 Å². The highest BCUT2D eigenvalue weighted by Gasteiger charge is 1.99. The Balaban J connectivity index is 2.10. The maximum absolute atomic E-state index is 5.45. The number of aromatic nitrogens is 3. The van der Waals surface area contributed by atoms with Crippen LogP contribution in [0.4, 0.5) is 0 Å². The van der Waals surface area contributed by atoms with Gasteiger partial charge in [0, 0.05) is 24.3 Å². The lowest BCUT2D eigenvalue weighted by Crippen LogP contribution is -2.02. The number of nitrogens with zero attached hydrogens (tertiary/aromatic N) is 3. The monoisotopic (exact) mass is 194 g/mol. The van der Waals surface area contributed by atoms with Gasteiger partial charge in [-0.25, -0.2) is 4.98 Å². The summed E-state index contributed by atoms with van der Waals surface area (Å²) in [6.07, 6.45) is 3.72. The highest BCUT2D eigenvalue weighted by molar-refractivity contribution is 7.09. The Labute approximate surface area is 80.0 Å². The van der Waals surface area contributed by atoms with Crippen LogP contribution < -0.4 is 5.73 Å². The molecular formula is C8H10N4S. The molecule has 0 aromatic carbocycles. The minimum absolute atomic E-state index is 0.491. The molecule has 68 valence electrons. The molecule has 5 heteroatoms. The first-order valence-electron chi connectivity index (χ1n) is 3.99. The van der Waals surface area contributed by atoms with Crippen LogP contribution in [0, 0.1) is 0 Å². The molecule has 13 heavy (non-hydrogen) atoms. The summed E-state index contributed by atoms with van der Waals surface area (Å²) in [5.41, 5.74) is 6.36. The fourth-order valence-electron chi connectivity index (χ4n) is 1.07. The van der Waals surface area contributed by atoms with Gasteiger partial charge < -0.3 is 5.73 Å². The number of thiazole rings is 1. The van der Waals surface area contributed by atoms with E-state index in [4.69, 9.17) is 5.73 Å². The predicted octanol–water partition coefficient (Wildman–Crippen LogP) is 0.847. The van der Waals surface area contributed by atoms with E-state index in [2.05, 4.69) is 10.1 Å². The minimum atomic E-state index is 0.491. The van der Waals surface area contributed by atoms with Crippen molar-refractivity contribution in [2.45, 2.75) is 13.1 Å². The third kappa shape index (κ3) is 1.93. The lowest BCUT2D eigenvalue weighted by atomic mass is 10.4. The summed E-state index contributed by atoms with van der Waals surface area (Å²) in [6, 6.07) is 1.92. The van der Waals surface area contributed by atoms with Gasteiger partial charge in [0.2, 0.25) is 0 Å². The Kier molecular flexibility index (Phi) is 2.37. The van der Waals surface area contributed by atoms with Gasteiger partial charge >= 0.3 is 0 Å². The summed E-state index contributed by atoms with van der Waals surface area (Å²) >= 11 is 1.63. The molecule has 0 unspecified atom stereocenters. The van der Waals surface area contributed by atoms with E-state index in [-0.39, 0.29) is 0 Å². The summed E-state index contributed by atoms with van der Waals surface area (Å²) < 4.78 is 1.85. The molecule has 0 amide bonds. The van der Waals surface area contributed by atoms with Crippen molar-refractivity contribution in [2.24, 2.45) is 5.73 Å². The number of hydrogen-bond acceptors (Lipinski definition) is 4. The molecule has 4 nitrogen and oxygen atoms in total. The number of rotatable bonds is 3. The van der Waals surface area contributed by atoms with Gasteiger partial charge in [-0.3, -0.25) is 4.68 Å². The number of nitrogens with two attached hydrogens (primary N) is 1. The van der Waals surface area contributed by atoms with Crippen LogP contribution in [-0.2, 0) is 13.1 Å². The largest absolute Gasteiger partial charge is 0.325 e. The van der Waals surface area contributed by atoms with Crippen LogP contribution in [0.5, 0.6) is 0 Å². The maximum atomic E-state index is 5.45. The van der Waals surface area contributed by atoms with Crippen molar-refractivity contribution in [3.63, 3.8) is 0 Å². The second-order valence-corrected chi connectivity index (χ2v) is 3.61. The average molecular weight is 194 g/mol. The normalized spacial score (nSPS) is 10.5. The van der Waals surface area contributed by atoms with Gasteiger partial charge in [-0.05, 0) is 6.07 Å².